The summed E-state index contributed by atoms with van der Waals surface area (Å²) in [6, 6.07) is 15.3. The van der Waals surface area contributed by atoms with Crippen LogP contribution in [0.3, 0.4) is 0 Å². The SMILES string of the molecule is C=C/C(C)=C(C(N)=O)\C(F)=C/C.CN(C)Cc1cncc2c(Cc3cccc(CCC(=O)C4CCC4)c3)cccc12. The normalized spacial score (nSPS) is 14.1. The molecule has 1 saturated carbocycles. The number of Topliss-reactive ketones (excluding diaryl/α,β-unsaturated/α-hetero) is 1. The predicted octanol–water partition coefficient (Wildman–Crippen LogP) is 7.04. The van der Waals surface area contributed by atoms with Crippen LogP contribution in [0, 0.1) is 5.92 Å². The average molecular weight is 556 g/mol. The number of hydrogen-bond acceptors (Lipinski definition) is 4. The van der Waals surface area contributed by atoms with Gasteiger partial charge >= 0.3 is 0 Å². The van der Waals surface area contributed by atoms with E-state index in [0.29, 0.717) is 23.7 Å². The number of aromatic nitrogens is 1. The second-order valence-electron chi connectivity index (χ2n) is 10.9. The lowest BCUT2D eigenvalue weighted by atomic mass is 9.80. The minimum Gasteiger partial charge on any atom is -0.365 e. The summed E-state index contributed by atoms with van der Waals surface area (Å²) in [5, 5.41) is 2.52. The van der Waals surface area contributed by atoms with E-state index in [1.54, 1.807) is 6.92 Å². The number of nitrogens with zero attached hydrogens (tertiary/aromatic N) is 2. The number of ketones is 1. The third-order valence-corrected chi connectivity index (χ3v) is 7.51. The van der Waals surface area contributed by atoms with Crippen LogP contribution in [0.25, 0.3) is 10.8 Å². The van der Waals surface area contributed by atoms with Gasteiger partial charge in [-0.3, -0.25) is 14.6 Å². The summed E-state index contributed by atoms with van der Waals surface area (Å²) in [6.07, 6.45) is 12.4. The van der Waals surface area contributed by atoms with Crippen LogP contribution in [0.5, 0.6) is 0 Å². The van der Waals surface area contributed by atoms with Crippen molar-refractivity contribution in [1.29, 1.82) is 0 Å². The molecule has 4 rings (SSSR count). The first-order chi connectivity index (χ1) is 19.6. The maximum absolute atomic E-state index is 12.9. The summed E-state index contributed by atoms with van der Waals surface area (Å²) < 4.78 is 12.9. The second-order valence-corrected chi connectivity index (χ2v) is 10.9. The molecular formula is C35H42FN3O2. The highest BCUT2D eigenvalue weighted by Gasteiger charge is 2.24. The molecule has 0 bridgehead atoms. The van der Waals surface area contributed by atoms with E-state index in [9.17, 15) is 14.0 Å². The van der Waals surface area contributed by atoms with E-state index < -0.39 is 11.7 Å². The van der Waals surface area contributed by atoms with Crippen LogP contribution < -0.4 is 5.73 Å². The zero-order valence-corrected chi connectivity index (χ0v) is 24.8. The molecule has 0 aliphatic heterocycles. The highest BCUT2D eigenvalue weighted by Crippen LogP contribution is 2.29. The molecule has 1 fully saturated rings. The van der Waals surface area contributed by atoms with Gasteiger partial charge in [-0.25, -0.2) is 4.39 Å². The van der Waals surface area contributed by atoms with Gasteiger partial charge in [-0.15, -0.1) is 0 Å². The molecule has 41 heavy (non-hydrogen) atoms. The molecule has 0 radical (unpaired) electrons. The van der Waals surface area contributed by atoms with Crippen molar-refractivity contribution in [2.75, 3.05) is 14.1 Å². The summed E-state index contributed by atoms with van der Waals surface area (Å²) in [4.78, 5) is 29.6. The number of rotatable bonds is 11. The quantitative estimate of drug-likeness (QED) is 0.203. The molecule has 0 spiro atoms. The number of amides is 1. The van der Waals surface area contributed by atoms with Crippen molar-refractivity contribution >= 4 is 22.5 Å². The molecule has 1 amide bonds. The van der Waals surface area contributed by atoms with Gasteiger partial charge in [0.25, 0.3) is 5.91 Å². The Bertz CT molecular complexity index is 1450. The summed E-state index contributed by atoms with van der Waals surface area (Å²) in [6.45, 7) is 7.38. The molecule has 2 aromatic carbocycles. The van der Waals surface area contributed by atoms with Gasteiger partial charge in [0.15, 0.2) is 0 Å². The Morgan fingerprint density at radius 3 is 2.39 bits per heavy atom. The Kier molecular flexibility index (Phi) is 11.7. The molecule has 0 saturated heterocycles. The second kappa shape index (κ2) is 15.2. The third-order valence-electron chi connectivity index (χ3n) is 7.51. The van der Waals surface area contributed by atoms with E-state index in [4.69, 9.17) is 5.73 Å². The average Bonchev–Trinajstić information content (AvgIpc) is 2.91. The van der Waals surface area contributed by atoms with Crippen LogP contribution in [0.15, 0.2) is 90.6 Å². The predicted molar refractivity (Wildman–Crippen MR) is 166 cm³/mol. The molecule has 0 atom stereocenters. The van der Waals surface area contributed by atoms with E-state index in [0.717, 1.165) is 32.2 Å². The lowest BCUT2D eigenvalue weighted by molar-refractivity contribution is -0.125. The first kappa shape index (κ1) is 31.6. The molecule has 0 unspecified atom stereocenters. The number of carbonyl (C=O) groups excluding carboxylic acids is 2. The minimum atomic E-state index is -0.775. The number of aryl methyl sites for hydroxylation is 1. The van der Waals surface area contributed by atoms with Gasteiger partial charge in [-0.1, -0.05) is 67.6 Å². The van der Waals surface area contributed by atoms with Crippen LogP contribution in [-0.2, 0) is 29.0 Å². The molecule has 2 N–H and O–H groups in total. The Morgan fingerprint density at radius 2 is 1.78 bits per heavy atom. The Labute approximate surface area is 243 Å². The lowest BCUT2D eigenvalue weighted by Gasteiger charge is -2.23. The number of hydrogen-bond donors (Lipinski definition) is 1. The van der Waals surface area contributed by atoms with Gasteiger partial charge in [0, 0.05) is 36.7 Å². The molecule has 1 aromatic heterocycles. The fourth-order valence-electron chi connectivity index (χ4n) is 5.00. The fraction of sp³-hybridized carbons (Fsp3) is 0.343. The van der Waals surface area contributed by atoms with Crippen molar-refractivity contribution in [2.24, 2.45) is 11.7 Å². The number of primary amides is 1. The summed E-state index contributed by atoms with van der Waals surface area (Å²) >= 11 is 0. The number of fused-ring (bicyclic) bond motifs is 1. The minimum absolute atomic E-state index is 0.104. The number of pyridine rings is 1. The zero-order valence-electron chi connectivity index (χ0n) is 24.8. The van der Waals surface area contributed by atoms with Crippen molar-refractivity contribution in [3.63, 3.8) is 0 Å². The third kappa shape index (κ3) is 8.79. The smallest absolute Gasteiger partial charge is 0.251 e. The van der Waals surface area contributed by atoms with Gasteiger partial charge in [0.1, 0.15) is 11.6 Å². The van der Waals surface area contributed by atoms with Crippen molar-refractivity contribution in [3.05, 3.63) is 113 Å². The van der Waals surface area contributed by atoms with E-state index >= 15 is 0 Å². The summed E-state index contributed by atoms with van der Waals surface area (Å²) in [7, 11) is 4.17. The van der Waals surface area contributed by atoms with E-state index in [-0.39, 0.29) is 5.57 Å². The van der Waals surface area contributed by atoms with Crippen LogP contribution in [0.1, 0.15) is 61.8 Å². The monoisotopic (exact) mass is 555 g/mol. The number of allylic oxidation sites excluding steroid dienone is 3. The molecule has 1 heterocycles. The van der Waals surface area contributed by atoms with Crippen LogP contribution in [0.2, 0.25) is 0 Å². The number of nitrogens with two attached hydrogens (primary N) is 1. The fourth-order valence-corrected chi connectivity index (χ4v) is 5.00. The molecular weight excluding hydrogens is 513 g/mol. The largest absolute Gasteiger partial charge is 0.365 e. The maximum Gasteiger partial charge on any atom is 0.251 e. The lowest BCUT2D eigenvalue weighted by Crippen LogP contribution is -2.22. The molecule has 5 nitrogen and oxygen atoms in total. The Morgan fingerprint density at radius 1 is 1.07 bits per heavy atom. The number of benzene rings is 2. The van der Waals surface area contributed by atoms with Gasteiger partial charge in [-0.05, 0) is 86.8 Å². The molecule has 1 aliphatic rings. The van der Waals surface area contributed by atoms with Gasteiger partial charge in [-0.2, -0.15) is 0 Å². The Hall–Kier alpha value is -3.90. The van der Waals surface area contributed by atoms with Crippen molar-refractivity contribution in [2.45, 2.75) is 58.9 Å². The first-order valence-electron chi connectivity index (χ1n) is 14.2. The van der Waals surface area contributed by atoms with Crippen LogP contribution >= 0.6 is 0 Å². The summed E-state index contributed by atoms with van der Waals surface area (Å²) in [5.41, 5.74) is 10.4. The van der Waals surface area contributed by atoms with Crippen LogP contribution in [0.4, 0.5) is 4.39 Å². The molecule has 216 valence electrons. The maximum atomic E-state index is 12.9. The van der Waals surface area contributed by atoms with Crippen LogP contribution in [-0.4, -0.2) is 35.7 Å². The standard InChI is InChI=1S/C26H30N2O.C9H12FNO/c1-28(2)18-23-16-27-17-25-22(10-5-11-24(23)25)15-20-7-3-6-19(14-20)12-13-26(29)21-8-4-9-21;1-4-6(3)8(9(11)12)7(10)5-2/h3,5-7,10-11,14,16-17,21H,4,8-9,12-13,15,18H2,1-2H3;4-5H,1H2,2-3H3,(H2,11,12)/b;7-5+,8-6+. The molecule has 3 aromatic rings. The van der Waals surface area contributed by atoms with E-state index in [1.807, 2.05) is 12.4 Å². The summed E-state index contributed by atoms with van der Waals surface area (Å²) in [5.74, 6) is -0.587. The Balaban J connectivity index is 0.000000327. The van der Waals surface area contributed by atoms with Crippen molar-refractivity contribution in [3.8, 4) is 0 Å². The van der Waals surface area contributed by atoms with E-state index in [1.165, 1.54) is 58.5 Å². The van der Waals surface area contributed by atoms with Crippen molar-refractivity contribution < 1.29 is 14.0 Å². The number of carbonyl (C=O) groups is 2. The van der Waals surface area contributed by atoms with Crippen molar-refractivity contribution in [1.82, 2.24) is 9.88 Å². The highest BCUT2D eigenvalue weighted by atomic mass is 19.1. The molecule has 6 heteroatoms. The zero-order chi connectivity index (χ0) is 29.9. The topological polar surface area (TPSA) is 76.3 Å². The first-order valence-corrected chi connectivity index (χ1v) is 14.2. The molecule has 1 aliphatic carbocycles. The van der Waals surface area contributed by atoms with Gasteiger partial charge < -0.3 is 10.6 Å². The van der Waals surface area contributed by atoms with Gasteiger partial charge in [0.2, 0.25) is 0 Å². The highest BCUT2D eigenvalue weighted by molar-refractivity contribution is 5.97. The number of halogens is 1. The van der Waals surface area contributed by atoms with Gasteiger partial charge in [0.05, 0.1) is 5.57 Å². The van der Waals surface area contributed by atoms with E-state index in [2.05, 4.69) is 73.0 Å².